The van der Waals surface area contributed by atoms with Gasteiger partial charge in [-0.05, 0) is 53.1 Å². The molecule has 0 aliphatic rings. The first-order chi connectivity index (χ1) is 24.8. The van der Waals surface area contributed by atoms with Crippen LogP contribution in [0.15, 0.2) is 73.1 Å². The van der Waals surface area contributed by atoms with Crippen molar-refractivity contribution in [3.8, 4) is 28.3 Å². The van der Waals surface area contributed by atoms with Crippen molar-refractivity contribution in [1.29, 1.82) is 0 Å². The van der Waals surface area contributed by atoms with Gasteiger partial charge in [0.2, 0.25) is 5.91 Å². The molecule has 4 rings (SSSR count). The maximum absolute atomic E-state index is 13.5. The molecule has 0 aliphatic heterocycles. The summed E-state index contributed by atoms with van der Waals surface area (Å²) < 4.78 is 5.89. The molecular weight excluding hydrogens is 677 g/mol. The summed E-state index contributed by atoms with van der Waals surface area (Å²) >= 11 is 1.34. The minimum atomic E-state index is -1.54. The molecule has 0 aliphatic carbocycles. The molecule has 4 aromatic rings. The number of aliphatic hydroxyl groups excluding tert-OH is 1. The topological polar surface area (TPSA) is 151 Å². The van der Waals surface area contributed by atoms with Crippen LogP contribution < -0.4 is 15.4 Å². The fraction of sp³-hybridized carbons (Fsp3) is 0.439. The number of nitrogens with one attached hydrogen (secondary N) is 2. The van der Waals surface area contributed by atoms with Crippen molar-refractivity contribution in [3.05, 3.63) is 88.4 Å². The average Bonchev–Trinajstić information content (AvgIpc) is 3.64. The molecule has 2 aromatic carbocycles. The minimum absolute atomic E-state index is 0.0812. The smallest absolute Gasteiger partial charge is 0.328 e. The van der Waals surface area contributed by atoms with Crippen molar-refractivity contribution in [3.63, 3.8) is 0 Å². The van der Waals surface area contributed by atoms with Gasteiger partial charge in [0.15, 0.2) is 11.9 Å². The van der Waals surface area contributed by atoms with Crippen LogP contribution in [0.5, 0.6) is 5.75 Å². The van der Waals surface area contributed by atoms with Crippen LogP contribution in [0, 0.1) is 5.92 Å². The number of ether oxygens (including phenoxy) is 1. The number of aliphatic carboxylic acids is 1. The van der Waals surface area contributed by atoms with Crippen LogP contribution in [0.2, 0.25) is 0 Å². The van der Waals surface area contributed by atoms with Gasteiger partial charge in [0.05, 0.1) is 17.6 Å². The molecule has 2 aromatic heterocycles. The predicted molar refractivity (Wildman–Crippen MR) is 206 cm³/mol. The Labute approximate surface area is 311 Å². The van der Waals surface area contributed by atoms with E-state index < -0.39 is 41.9 Å². The van der Waals surface area contributed by atoms with E-state index in [1.807, 2.05) is 54.6 Å². The second kappa shape index (κ2) is 18.8. The lowest BCUT2D eigenvalue weighted by atomic mass is 9.95. The van der Waals surface area contributed by atoms with E-state index in [2.05, 4.69) is 48.3 Å². The molecule has 0 fully saturated rings. The van der Waals surface area contributed by atoms with Gasteiger partial charge in [-0.1, -0.05) is 104 Å². The van der Waals surface area contributed by atoms with Crippen LogP contribution in [-0.2, 0) is 21.4 Å². The van der Waals surface area contributed by atoms with Gasteiger partial charge in [-0.15, -0.1) is 11.3 Å². The highest BCUT2D eigenvalue weighted by Gasteiger charge is 2.33. The molecular formula is C41H52N4O6S. The summed E-state index contributed by atoms with van der Waals surface area (Å²) in [6.45, 7) is 12.4. The number of amides is 2. The Kier molecular flexibility index (Phi) is 14.5. The number of aliphatic hydroxyl groups is 1. The first kappa shape index (κ1) is 40.2. The lowest BCUT2D eigenvalue weighted by molar-refractivity contribution is -0.146. The summed E-state index contributed by atoms with van der Waals surface area (Å²) in [7, 11) is 0. The van der Waals surface area contributed by atoms with Crippen LogP contribution in [0.25, 0.3) is 22.5 Å². The highest BCUT2D eigenvalue weighted by atomic mass is 32.1. The number of hydrogen-bond donors (Lipinski definition) is 4. The van der Waals surface area contributed by atoms with Gasteiger partial charge in [-0.2, -0.15) is 0 Å². The molecule has 0 bridgehead atoms. The number of nitrogens with zero attached hydrogens (tertiary/aromatic N) is 2. The van der Waals surface area contributed by atoms with E-state index in [-0.39, 0.29) is 11.8 Å². The third-order valence-electron chi connectivity index (χ3n) is 8.79. The first-order valence-corrected chi connectivity index (χ1v) is 18.9. The first-order valence-electron chi connectivity index (χ1n) is 18.0. The molecule has 0 radical (unpaired) electrons. The Morgan fingerprint density at radius 3 is 2.04 bits per heavy atom. The van der Waals surface area contributed by atoms with Gasteiger partial charge in [-0.25, -0.2) is 14.8 Å². The summed E-state index contributed by atoms with van der Waals surface area (Å²) in [5, 5.41) is 25.5. The summed E-state index contributed by atoms with van der Waals surface area (Å²) in [4.78, 5) is 49.5. The Balaban J connectivity index is 1.45. The quantitative estimate of drug-likeness (QED) is 0.0772. The molecule has 2 amide bonds. The van der Waals surface area contributed by atoms with Gasteiger partial charge >= 0.3 is 5.97 Å². The fourth-order valence-corrected chi connectivity index (χ4v) is 6.49. The minimum Gasteiger partial charge on any atom is -0.494 e. The molecule has 0 saturated carbocycles. The number of carbonyl (C=O) groups is 3. The normalized spacial score (nSPS) is 13.3. The van der Waals surface area contributed by atoms with Gasteiger partial charge in [0.25, 0.3) is 5.91 Å². The number of rotatable bonds is 18. The number of carboxylic acids is 1. The Bertz CT molecular complexity index is 1750. The number of hydrogen-bond acceptors (Lipinski definition) is 8. The maximum atomic E-state index is 13.5. The summed E-state index contributed by atoms with van der Waals surface area (Å²) in [5.41, 5.74) is 3.19. The molecule has 4 N–H and O–H groups in total. The lowest BCUT2D eigenvalue weighted by Gasteiger charge is -2.26. The highest BCUT2D eigenvalue weighted by Crippen LogP contribution is 2.30. The Morgan fingerprint density at radius 2 is 1.46 bits per heavy atom. The number of benzene rings is 2. The van der Waals surface area contributed by atoms with E-state index in [1.54, 1.807) is 32.3 Å². The standard InChI is InChI=1S/C41H52N4O6S/c1-7-8-9-10-11-22-51-31-18-16-28(17-19-31)30-24-42-37(43-25-30)29-14-12-27(13-15-29)23-32(38(47)45-35(40(49)50)36(46)26(2)3)44-39(48)33-20-21-34(52-33)41(4,5)6/h12-21,24-26,32,35-36,46H,7-11,22-23H2,1-6H3,(H,44,48)(H,45,47)(H,49,50). The van der Waals surface area contributed by atoms with E-state index in [0.29, 0.717) is 17.3 Å². The predicted octanol–water partition coefficient (Wildman–Crippen LogP) is 7.45. The molecule has 52 heavy (non-hydrogen) atoms. The fourth-order valence-electron chi connectivity index (χ4n) is 5.52. The Hall–Kier alpha value is -4.61. The zero-order valence-corrected chi connectivity index (χ0v) is 31.8. The van der Waals surface area contributed by atoms with Crippen molar-refractivity contribution in [2.75, 3.05) is 6.61 Å². The molecule has 10 nitrogen and oxygen atoms in total. The van der Waals surface area contributed by atoms with E-state index >= 15 is 0 Å². The molecule has 11 heteroatoms. The summed E-state index contributed by atoms with van der Waals surface area (Å²) in [6.07, 6.45) is 8.28. The van der Waals surface area contributed by atoms with Crippen molar-refractivity contribution in [2.45, 2.75) is 104 Å². The summed E-state index contributed by atoms with van der Waals surface area (Å²) in [6, 6.07) is 16.2. The van der Waals surface area contributed by atoms with E-state index in [9.17, 15) is 24.6 Å². The van der Waals surface area contributed by atoms with E-state index in [4.69, 9.17) is 4.74 Å². The largest absolute Gasteiger partial charge is 0.494 e. The number of carbonyl (C=O) groups excluding carboxylic acids is 2. The second-order valence-corrected chi connectivity index (χ2v) is 15.6. The van der Waals surface area contributed by atoms with Crippen molar-refractivity contribution >= 4 is 29.1 Å². The molecule has 3 atom stereocenters. The SMILES string of the molecule is CCCCCCCOc1ccc(-c2cnc(-c3ccc(CC(NC(=O)c4ccc(C(C)(C)C)s4)C(=O)NC(C(=O)O)C(O)C(C)C)cc3)nc2)cc1. The van der Waals surface area contributed by atoms with Crippen molar-refractivity contribution < 1.29 is 29.3 Å². The van der Waals surface area contributed by atoms with Crippen LogP contribution in [0.1, 0.15) is 93.8 Å². The summed E-state index contributed by atoms with van der Waals surface area (Å²) in [5.74, 6) is -1.57. The Morgan fingerprint density at radius 1 is 0.827 bits per heavy atom. The van der Waals surface area contributed by atoms with Crippen LogP contribution in [-0.4, -0.2) is 62.8 Å². The number of aromatic nitrogens is 2. The van der Waals surface area contributed by atoms with Gasteiger partial charge in [-0.3, -0.25) is 9.59 Å². The molecule has 0 spiro atoms. The molecule has 0 saturated heterocycles. The van der Waals surface area contributed by atoms with Gasteiger partial charge in [0.1, 0.15) is 11.8 Å². The highest BCUT2D eigenvalue weighted by molar-refractivity contribution is 7.14. The van der Waals surface area contributed by atoms with Gasteiger partial charge < -0.3 is 25.6 Å². The van der Waals surface area contributed by atoms with Crippen molar-refractivity contribution in [1.82, 2.24) is 20.6 Å². The average molecular weight is 729 g/mol. The van der Waals surface area contributed by atoms with E-state index in [1.165, 1.54) is 37.0 Å². The maximum Gasteiger partial charge on any atom is 0.328 e. The van der Waals surface area contributed by atoms with Crippen LogP contribution in [0.3, 0.4) is 0 Å². The van der Waals surface area contributed by atoms with E-state index in [0.717, 1.165) is 39.3 Å². The third-order valence-corrected chi connectivity index (χ3v) is 10.3. The van der Waals surface area contributed by atoms with Gasteiger partial charge in [0, 0.05) is 34.8 Å². The monoisotopic (exact) mass is 728 g/mol. The molecule has 278 valence electrons. The third kappa shape index (κ3) is 11.4. The molecule has 2 heterocycles. The second-order valence-electron chi connectivity index (χ2n) is 14.5. The lowest BCUT2D eigenvalue weighted by Crippen LogP contribution is -2.56. The number of thiophene rings is 1. The van der Waals surface area contributed by atoms with Crippen LogP contribution in [0.4, 0.5) is 0 Å². The molecule has 3 unspecified atom stereocenters. The number of carboxylic acid groups (broad SMARTS) is 1. The number of unbranched alkanes of at least 4 members (excludes halogenated alkanes) is 4. The zero-order valence-electron chi connectivity index (χ0n) is 31.0. The van der Waals surface area contributed by atoms with Crippen LogP contribution >= 0.6 is 11.3 Å². The zero-order chi connectivity index (χ0) is 37.8. The van der Waals surface area contributed by atoms with Crippen molar-refractivity contribution in [2.24, 2.45) is 5.92 Å².